The molecule has 0 aliphatic rings. The van der Waals surface area contributed by atoms with Crippen LogP contribution in [0.25, 0.3) is 15.9 Å². The molecular formula is C22H19ClN4O5S2. The third-order valence-electron chi connectivity index (χ3n) is 4.89. The molecule has 0 aliphatic heterocycles. The summed E-state index contributed by atoms with van der Waals surface area (Å²) in [4.78, 5) is 25.7. The van der Waals surface area contributed by atoms with E-state index in [4.69, 9.17) is 21.5 Å². The van der Waals surface area contributed by atoms with Crippen LogP contribution in [0.1, 0.15) is 20.9 Å². The van der Waals surface area contributed by atoms with Crippen LogP contribution in [0.15, 0.2) is 59.5 Å². The molecule has 3 N–H and O–H groups in total. The minimum atomic E-state index is -3.78. The largest absolute Gasteiger partial charge is 0.451 e. The predicted octanol–water partition coefficient (Wildman–Crippen LogP) is 3.17. The van der Waals surface area contributed by atoms with Crippen LogP contribution in [0.3, 0.4) is 0 Å². The van der Waals surface area contributed by atoms with Gasteiger partial charge in [0, 0.05) is 17.0 Å². The fraction of sp³-hybridized carbons (Fsp3) is 0.136. The van der Waals surface area contributed by atoms with Gasteiger partial charge in [0.25, 0.3) is 5.91 Å². The molecule has 2 heterocycles. The van der Waals surface area contributed by atoms with Crippen LogP contribution in [-0.4, -0.2) is 36.7 Å². The van der Waals surface area contributed by atoms with E-state index in [9.17, 15) is 18.0 Å². The van der Waals surface area contributed by atoms with Crippen molar-refractivity contribution in [2.75, 3.05) is 6.61 Å². The lowest BCUT2D eigenvalue weighted by atomic mass is 10.2. The molecule has 1 amide bonds. The smallest absolute Gasteiger partial charge is 0.348 e. The number of nitrogens with one attached hydrogen (secondary N) is 1. The van der Waals surface area contributed by atoms with E-state index in [0.717, 1.165) is 21.6 Å². The van der Waals surface area contributed by atoms with Gasteiger partial charge in [-0.1, -0.05) is 23.7 Å². The molecule has 0 bridgehead atoms. The molecule has 2 aromatic heterocycles. The number of carbonyl (C=O) groups is 2. The van der Waals surface area contributed by atoms with Gasteiger partial charge in [-0.05, 0) is 55.0 Å². The summed E-state index contributed by atoms with van der Waals surface area (Å²) in [5.41, 5.74) is 2.23. The molecule has 0 fully saturated rings. The third-order valence-corrected chi connectivity index (χ3v) is 7.16. The lowest BCUT2D eigenvalue weighted by Crippen LogP contribution is -2.28. The first-order valence-corrected chi connectivity index (χ1v) is 12.7. The van der Waals surface area contributed by atoms with Gasteiger partial charge in [-0.2, -0.15) is 5.10 Å². The summed E-state index contributed by atoms with van der Waals surface area (Å²) in [6.07, 6.45) is 0. The van der Waals surface area contributed by atoms with E-state index in [1.165, 1.54) is 35.6 Å². The molecule has 0 unspecified atom stereocenters. The minimum Gasteiger partial charge on any atom is -0.451 e. The second-order valence-corrected chi connectivity index (χ2v) is 10.4. The number of esters is 1. The van der Waals surface area contributed by atoms with E-state index in [2.05, 4.69) is 10.4 Å². The Labute approximate surface area is 204 Å². The van der Waals surface area contributed by atoms with Crippen molar-refractivity contribution in [2.24, 2.45) is 5.14 Å². The number of ether oxygens (including phenoxy) is 1. The van der Waals surface area contributed by atoms with E-state index < -0.39 is 28.5 Å². The SMILES string of the molecule is Cc1nn(-c2ccc(Cl)cc2)c2sc(C(=O)OCC(=O)NCc3ccc(S(N)(=O)=O)cc3)cc12. The number of halogens is 1. The predicted molar refractivity (Wildman–Crippen MR) is 129 cm³/mol. The zero-order valence-corrected chi connectivity index (χ0v) is 20.2. The minimum absolute atomic E-state index is 0.0192. The van der Waals surface area contributed by atoms with Crippen molar-refractivity contribution in [3.63, 3.8) is 0 Å². The van der Waals surface area contributed by atoms with Gasteiger partial charge in [-0.3, -0.25) is 4.79 Å². The maximum absolute atomic E-state index is 12.5. The lowest BCUT2D eigenvalue weighted by Gasteiger charge is -2.07. The Bertz CT molecular complexity index is 1480. The molecule has 0 aliphatic carbocycles. The molecule has 0 saturated heterocycles. The third kappa shape index (κ3) is 5.28. The van der Waals surface area contributed by atoms with Crippen LogP contribution in [0.4, 0.5) is 0 Å². The van der Waals surface area contributed by atoms with Crippen molar-refractivity contribution >= 4 is 55.1 Å². The topological polar surface area (TPSA) is 133 Å². The lowest BCUT2D eigenvalue weighted by molar-refractivity contribution is -0.124. The fourth-order valence-corrected chi connectivity index (χ4v) is 4.87. The van der Waals surface area contributed by atoms with Crippen molar-refractivity contribution in [3.8, 4) is 5.69 Å². The summed E-state index contributed by atoms with van der Waals surface area (Å²) >= 11 is 7.18. The van der Waals surface area contributed by atoms with E-state index >= 15 is 0 Å². The molecule has 34 heavy (non-hydrogen) atoms. The highest BCUT2D eigenvalue weighted by Crippen LogP contribution is 2.31. The number of sulfonamides is 1. The number of nitrogens with zero attached hydrogens (tertiary/aromatic N) is 2. The Morgan fingerprint density at radius 3 is 2.47 bits per heavy atom. The first-order chi connectivity index (χ1) is 16.1. The Morgan fingerprint density at radius 1 is 1.15 bits per heavy atom. The molecule has 0 spiro atoms. The van der Waals surface area contributed by atoms with E-state index in [0.29, 0.717) is 15.5 Å². The molecule has 0 atom stereocenters. The van der Waals surface area contributed by atoms with E-state index in [1.807, 2.05) is 19.1 Å². The van der Waals surface area contributed by atoms with Gasteiger partial charge in [0.1, 0.15) is 9.71 Å². The number of carbonyl (C=O) groups excluding carboxylic acids is 2. The number of hydrogen-bond acceptors (Lipinski definition) is 7. The Kier molecular flexibility index (Phi) is 6.71. The zero-order valence-electron chi connectivity index (χ0n) is 17.8. The van der Waals surface area contributed by atoms with E-state index in [1.54, 1.807) is 22.9 Å². The van der Waals surface area contributed by atoms with Crippen molar-refractivity contribution in [3.05, 3.63) is 75.8 Å². The molecular weight excluding hydrogens is 500 g/mol. The van der Waals surface area contributed by atoms with Crippen LogP contribution >= 0.6 is 22.9 Å². The average molecular weight is 519 g/mol. The summed E-state index contributed by atoms with van der Waals surface area (Å²) in [5.74, 6) is -1.11. The first kappa shape index (κ1) is 23.9. The normalized spacial score (nSPS) is 11.5. The second kappa shape index (κ2) is 9.55. The number of amides is 1. The van der Waals surface area contributed by atoms with Gasteiger partial charge in [0.05, 0.1) is 16.3 Å². The zero-order chi connectivity index (χ0) is 24.5. The number of hydrogen-bond donors (Lipinski definition) is 2. The quantitative estimate of drug-likeness (QED) is 0.361. The van der Waals surface area contributed by atoms with Crippen molar-refractivity contribution in [1.29, 1.82) is 0 Å². The number of aryl methyl sites for hydroxylation is 1. The molecule has 9 nitrogen and oxygen atoms in total. The number of rotatable bonds is 7. The monoisotopic (exact) mass is 518 g/mol. The number of thiophene rings is 1. The highest BCUT2D eigenvalue weighted by atomic mass is 35.5. The van der Waals surface area contributed by atoms with Gasteiger partial charge in [-0.25, -0.2) is 23.0 Å². The molecule has 2 aromatic carbocycles. The number of nitrogens with two attached hydrogens (primary N) is 1. The first-order valence-electron chi connectivity index (χ1n) is 9.92. The number of primary sulfonamides is 1. The highest BCUT2D eigenvalue weighted by Gasteiger charge is 2.19. The second-order valence-electron chi connectivity index (χ2n) is 7.34. The Balaban J connectivity index is 1.37. The maximum atomic E-state index is 12.5. The van der Waals surface area contributed by atoms with Crippen LogP contribution in [-0.2, 0) is 26.1 Å². The standard InChI is InChI=1S/C22H19ClN4O5S2/c1-13-18-10-19(33-21(18)27(26-13)16-6-4-15(23)5-7-16)22(29)32-12-20(28)25-11-14-2-8-17(9-3-14)34(24,30)31/h2-10H,11-12H2,1H3,(H,25,28)(H2,24,30,31). The van der Waals surface area contributed by atoms with Crippen molar-refractivity contribution in [1.82, 2.24) is 15.1 Å². The molecule has 176 valence electrons. The highest BCUT2D eigenvalue weighted by molar-refractivity contribution is 7.89. The van der Waals surface area contributed by atoms with Gasteiger partial charge < -0.3 is 10.1 Å². The fourth-order valence-electron chi connectivity index (χ4n) is 3.16. The summed E-state index contributed by atoms with van der Waals surface area (Å²) < 4.78 is 29.5. The summed E-state index contributed by atoms with van der Waals surface area (Å²) in [7, 11) is -3.78. The Morgan fingerprint density at radius 2 is 1.82 bits per heavy atom. The number of aromatic nitrogens is 2. The van der Waals surface area contributed by atoms with Crippen LogP contribution in [0, 0.1) is 6.92 Å². The molecule has 12 heteroatoms. The van der Waals surface area contributed by atoms with E-state index in [-0.39, 0.29) is 11.4 Å². The van der Waals surface area contributed by atoms with Gasteiger partial charge >= 0.3 is 5.97 Å². The maximum Gasteiger partial charge on any atom is 0.348 e. The van der Waals surface area contributed by atoms with Crippen LogP contribution in [0.5, 0.6) is 0 Å². The molecule has 4 aromatic rings. The van der Waals surface area contributed by atoms with Crippen LogP contribution in [0.2, 0.25) is 5.02 Å². The number of fused-ring (bicyclic) bond motifs is 1. The van der Waals surface area contributed by atoms with Gasteiger partial charge in [0.2, 0.25) is 10.0 Å². The molecule has 4 rings (SSSR count). The Hall–Kier alpha value is -3.25. The average Bonchev–Trinajstić information content (AvgIpc) is 3.37. The summed E-state index contributed by atoms with van der Waals surface area (Å²) in [6, 6.07) is 14.7. The summed E-state index contributed by atoms with van der Waals surface area (Å²) in [5, 5.41) is 13.6. The molecule has 0 saturated carbocycles. The number of benzene rings is 2. The summed E-state index contributed by atoms with van der Waals surface area (Å²) in [6.45, 7) is 1.53. The van der Waals surface area contributed by atoms with Crippen molar-refractivity contribution < 1.29 is 22.7 Å². The molecule has 0 radical (unpaired) electrons. The van der Waals surface area contributed by atoms with Crippen molar-refractivity contribution in [2.45, 2.75) is 18.4 Å². The van der Waals surface area contributed by atoms with Gasteiger partial charge in [-0.15, -0.1) is 11.3 Å². The van der Waals surface area contributed by atoms with Gasteiger partial charge in [0.15, 0.2) is 6.61 Å². The van der Waals surface area contributed by atoms with Crippen LogP contribution < -0.4 is 10.5 Å².